The molecule has 0 aliphatic carbocycles. The number of carbonyl (C=O) groups is 2. The summed E-state index contributed by atoms with van der Waals surface area (Å²) in [5, 5.41) is 4.68. The molecule has 25 heavy (non-hydrogen) atoms. The highest BCUT2D eigenvalue weighted by Gasteiger charge is 2.26. The Morgan fingerprint density at radius 3 is 2.48 bits per heavy atom. The lowest BCUT2D eigenvalue weighted by Gasteiger charge is -2.23. The third kappa shape index (κ3) is 5.19. The largest absolute Gasteiger partial charge is 0.467 e. The maximum atomic E-state index is 12.2. The second-order valence-electron chi connectivity index (χ2n) is 6.67. The third-order valence-electron chi connectivity index (χ3n) is 3.57. The molecule has 2 aromatic rings. The molecule has 1 N–H and O–H groups in total. The number of nitrogens with one attached hydrogen (secondary N) is 1. The van der Waals surface area contributed by atoms with Gasteiger partial charge in [0.1, 0.15) is 11.6 Å². The summed E-state index contributed by atoms with van der Waals surface area (Å²) in [6.07, 6.45) is -0.368. The lowest BCUT2D eigenvalue weighted by Crippen LogP contribution is -2.45. The highest BCUT2D eigenvalue weighted by Crippen LogP contribution is 2.28. The first-order chi connectivity index (χ1) is 11.7. The van der Waals surface area contributed by atoms with Gasteiger partial charge >= 0.3 is 12.1 Å². The zero-order chi connectivity index (χ0) is 18.6. The fourth-order valence-corrected chi connectivity index (χ4v) is 3.01. The van der Waals surface area contributed by atoms with Crippen molar-refractivity contribution in [2.75, 3.05) is 7.11 Å². The highest BCUT2D eigenvalue weighted by molar-refractivity contribution is 9.10. The van der Waals surface area contributed by atoms with Crippen LogP contribution in [-0.2, 0) is 20.7 Å². The summed E-state index contributed by atoms with van der Waals surface area (Å²) >= 11 is 3.54. The number of hydrogen-bond acceptors (Lipinski definition) is 4. The van der Waals surface area contributed by atoms with E-state index >= 15 is 0 Å². The summed E-state index contributed by atoms with van der Waals surface area (Å²) in [5.74, 6) is -0.523. The van der Waals surface area contributed by atoms with Crippen LogP contribution in [0.3, 0.4) is 0 Å². The number of fused-ring (bicyclic) bond motifs is 1. The molecule has 0 aliphatic rings. The number of halogens is 1. The molecule has 0 saturated heterocycles. The van der Waals surface area contributed by atoms with E-state index in [0.717, 1.165) is 20.8 Å². The average molecular weight is 408 g/mol. The van der Waals surface area contributed by atoms with E-state index in [0.29, 0.717) is 0 Å². The molecule has 0 heterocycles. The molecule has 1 atom stereocenters. The van der Waals surface area contributed by atoms with Crippen molar-refractivity contribution >= 4 is 38.8 Å². The van der Waals surface area contributed by atoms with Crippen LogP contribution < -0.4 is 5.32 Å². The van der Waals surface area contributed by atoms with Crippen molar-refractivity contribution in [3.63, 3.8) is 0 Å². The summed E-state index contributed by atoms with van der Waals surface area (Å²) in [6, 6.07) is 11.0. The molecule has 0 saturated carbocycles. The molecule has 0 unspecified atom stereocenters. The number of esters is 1. The topological polar surface area (TPSA) is 64.6 Å². The summed E-state index contributed by atoms with van der Waals surface area (Å²) in [5.41, 5.74) is 0.273. The van der Waals surface area contributed by atoms with Gasteiger partial charge in [-0.3, -0.25) is 0 Å². The van der Waals surface area contributed by atoms with Crippen molar-refractivity contribution < 1.29 is 19.1 Å². The van der Waals surface area contributed by atoms with Crippen LogP contribution in [0.4, 0.5) is 4.79 Å². The molecular formula is C19H22BrNO4. The van der Waals surface area contributed by atoms with Gasteiger partial charge in [-0.2, -0.15) is 0 Å². The zero-order valence-electron chi connectivity index (χ0n) is 14.8. The number of benzene rings is 2. The molecule has 0 aromatic heterocycles. The lowest BCUT2D eigenvalue weighted by atomic mass is 9.99. The van der Waals surface area contributed by atoms with E-state index in [1.165, 1.54) is 7.11 Å². The quantitative estimate of drug-likeness (QED) is 0.770. The maximum absolute atomic E-state index is 12.2. The van der Waals surface area contributed by atoms with Crippen molar-refractivity contribution in [3.05, 3.63) is 46.4 Å². The molecular weight excluding hydrogens is 386 g/mol. The minimum Gasteiger partial charge on any atom is -0.467 e. The molecule has 6 heteroatoms. The van der Waals surface area contributed by atoms with Crippen LogP contribution in [0, 0.1) is 0 Å². The second kappa shape index (κ2) is 7.87. The average Bonchev–Trinajstić information content (AvgIpc) is 2.54. The van der Waals surface area contributed by atoms with E-state index in [9.17, 15) is 9.59 Å². The van der Waals surface area contributed by atoms with E-state index in [1.807, 2.05) is 36.4 Å². The van der Waals surface area contributed by atoms with Gasteiger partial charge in [0.15, 0.2) is 0 Å². The Hall–Kier alpha value is -2.08. The van der Waals surface area contributed by atoms with Crippen molar-refractivity contribution in [3.8, 4) is 0 Å². The Morgan fingerprint density at radius 2 is 1.84 bits per heavy atom. The van der Waals surface area contributed by atoms with Crippen LogP contribution in [0.25, 0.3) is 10.8 Å². The van der Waals surface area contributed by atoms with Crippen molar-refractivity contribution in [2.45, 2.75) is 38.8 Å². The number of alkyl carbamates (subject to hydrolysis) is 1. The van der Waals surface area contributed by atoms with Crippen LogP contribution in [0.15, 0.2) is 40.9 Å². The molecule has 0 fully saturated rings. The normalized spacial score (nSPS) is 12.5. The minimum atomic E-state index is -0.845. The zero-order valence-corrected chi connectivity index (χ0v) is 16.3. The number of amides is 1. The molecule has 1 amide bonds. The minimum absolute atomic E-state index is 0.286. The highest BCUT2D eigenvalue weighted by atomic mass is 79.9. The van der Waals surface area contributed by atoms with Gasteiger partial charge in [0.2, 0.25) is 0 Å². The number of rotatable bonds is 4. The third-order valence-corrected chi connectivity index (χ3v) is 4.31. The smallest absolute Gasteiger partial charge is 0.408 e. The number of hydrogen-bond donors (Lipinski definition) is 1. The van der Waals surface area contributed by atoms with Gasteiger partial charge in [0.05, 0.1) is 7.11 Å². The second-order valence-corrected chi connectivity index (χ2v) is 7.53. The predicted molar refractivity (Wildman–Crippen MR) is 101 cm³/mol. The van der Waals surface area contributed by atoms with E-state index in [4.69, 9.17) is 9.47 Å². The number of carbonyl (C=O) groups excluding carboxylic acids is 2. The van der Waals surface area contributed by atoms with Crippen LogP contribution in [0.2, 0.25) is 0 Å². The van der Waals surface area contributed by atoms with Crippen molar-refractivity contribution in [1.82, 2.24) is 5.32 Å². The van der Waals surface area contributed by atoms with Gasteiger partial charge in [0, 0.05) is 10.9 Å². The fraction of sp³-hybridized carbons (Fsp3) is 0.368. The first-order valence-electron chi connectivity index (χ1n) is 7.95. The molecule has 0 radical (unpaired) electrons. The van der Waals surface area contributed by atoms with E-state index in [1.54, 1.807) is 20.8 Å². The summed E-state index contributed by atoms with van der Waals surface area (Å²) in [6.45, 7) is 5.29. The first kappa shape index (κ1) is 19.2. The summed E-state index contributed by atoms with van der Waals surface area (Å²) in [4.78, 5) is 24.2. The number of methoxy groups -OCH3 is 1. The SMILES string of the molecule is COC(=O)[C@H](Cc1c(Br)ccc2ccccc12)NC(=O)OC(C)(C)C. The molecule has 2 aromatic carbocycles. The Balaban J connectivity index is 2.30. The van der Waals surface area contributed by atoms with Gasteiger partial charge in [-0.25, -0.2) is 9.59 Å². The molecule has 2 rings (SSSR count). The van der Waals surface area contributed by atoms with Gasteiger partial charge in [-0.1, -0.05) is 46.3 Å². The Bertz CT molecular complexity index is 783. The summed E-state index contributed by atoms with van der Waals surface area (Å²) in [7, 11) is 1.30. The van der Waals surface area contributed by atoms with Gasteiger partial charge in [-0.05, 0) is 43.2 Å². The molecule has 134 valence electrons. The van der Waals surface area contributed by atoms with Crippen LogP contribution in [0.5, 0.6) is 0 Å². The van der Waals surface area contributed by atoms with E-state index < -0.39 is 23.7 Å². The fourth-order valence-electron chi connectivity index (χ4n) is 2.51. The van der Waals surface area contributed by atoms with Gasteiger partial charge in [-0.15, -0.1) is 0 Å². The van der Waals surface area contributed by atoms with Crippen LogP contribution >= 0.6 is 15.9 Å². The Kier molecular flexibility index (Phi) is 6.06. The first-order valence-corrected chi connectivity index (χ1v) is 8.74. The van der Waals surface area contributed by atoms with Crippen LogP contribution in [0.1, 0.15) is 26.3 Å². The standard InChI is InChI=1S/C19H22BrNO4/c1-19(2,3)25-18(23)21-16(17(22)24-4)11-14-13-8-6-5-7-12(13)9-10-15(14)20/h5-10,16H,11H2,1-4H3,(H,21,23)/t16-/m0/s1. The molecule has 0 aliphatic heterocycles. The van der Waals surface area contributed by atoms with Crippen molar-refractivity contribution in [2.24, 2.45) is 0 Å². The number of ether oxygens (including phenoxy) is 2. The monoisotopic (exact) mass is 407 g/mol. The van der Waals surface area contributed by atoms with E-state index in [-0.39, 0.29) is 6.42 Å². The predicted octanol–water partition coefficient (Wildman–Crippen LogP) is 4.21. The Morgan fingerprint density at radius 1 is 1.16 bits per heavy atom. The molecule has 5 nitrogen and oxygen atoms in total. The van der Waals surface area contributed by atoms with Gasteiger partial charge in [0.25, 0.3) is 0 Å². The van der Waals surface area contributed by atoms with E-state index in [2.05, 4.69) is 21.2 Å². The maximum Gasteiger partial charge on any atom is 0.408 e. The molecule has 0 spiro atoms. The molecule has 0 bridgehead atoms. The summed E-state index contributed by atoms with van der Waals surface area (Å²) < 4.78 is 11.0. The van der Waals surface area contributed by atoms with Crippen molar-refractivity contribution in [1.29, 1.82) is 0 Å². The van der Waals surface area contributed by atoms with Crippen LogP contribution in [-0.4, -0.2) is 30.8 Å². The van der Waals surface area contributed by atoms with Gasteiger partial charge < -0.3 is 14.8 Å². The Labute approximate surface area is 155 Å². The lowest BCUT2D eigenvalue weighted by molar-refractivity contribution is -0.143.